The Morgan fingerprint density at radius 3 is 2.50 bits per heavy atom. The van der Waals surface area contributed by atoms with Gasteiger partial charge in [0.2, 0.25) is 5.91 Å². The smallest absolute Gasteiger partial charge is 0.230 e. The molecular formula is C30H35N3O. The van der Waals surface area contributed by atoms with Gasteiger partial charge in [-0.3, -0.25) is 4.79 Å². The highest BCUT2D eigenvalue weighted by Gasteiger charge is 2.33. The van der Waals surface area contributed by atoms with Crippen LogP contribution in [0.1, 0.15) is 60.9 Å². The Morgan fingerprint density at radius 2 is 1.79 bits per heavy atom. The molecule has 4 nitrogen and oxygen atoms in total. The number of pyridine rings is 1. The van der Waals surface area contributed by atoms with E-state index in [1.165, 1.54) is 40.3 Å². The number of hydrogen-bond acceptors (Lipinski definition) is 2. The lowest BCUT2D eigenvalue weighted by Gasteiger charge is -2.27. The Morgan fingerprint density at radius 1 is 1.09 bits per heavy atom. The number of hydrogen-bond donors (Lipinski definition) is 0. The molecule has 1 atom stereocenters. The average molecular weight is 454 g/mol. The van der Waals surface area contributed by atoms with E-state index in [0.29, 0.717) is 5.92 Å². The van der Waals surface area contributed by atoms with Crippen molar-refractivity contribution in [3.05, 3.63) is 77.0 Å². The molecule has 176 valence electrons. The molecule has 2 heterocycles. The third kappa shape index (κ3) is 4.00. The van der Waals surface area contributed by atoms with Crippen molar-refractivity contribution in [1.29, 1.82) is 0 Å². The molecule has 1 unspecified atom stereocenters. The molecule has 4 heteroatoms. The standard InChI is InChI=1S/C30H35N3O/c1-5-32(4)30(34)28(23-10-6-7-11-23)24-16-14-22(15-17-24)19-33-26-13-9-8-12-25(26)27-20(2)18-21(3)31-29(27)33/h8-9,12-18,23,28H,5-7,10-11,19H2,1-4H3. The van der Waals surface area contributed by atoms with Gasteiger partial charge in [0, 0.05) is 36.6 Å². The van der Waals surface area contributed by atoms with E-state index in [4.69, 9.17) is 4.98 Å². The van der Waals surface area contributed by atoms with Crippen molar-refractivity contribution in [2.24, 2.45) is 5.92 Å². The number of aryl methyl sites for hydroxylation is 2. The van der Waals surface area contributed by atoms with Crippen molar-refractivity contribution in [3.63, 3.8) is 0 Å². The quantitative estimate of drug-likeness (QED) is 0.330. The molecule has 34 heavy (non-hydrogen) atoms. The van der Waals surface area contributed by atoms with Crippen molar-refractivity contribution in [2.75, 3.05) is 13.6 Å². The number of amides is 1. The molecule has 0 saturated heterocycles. The summed E-state index contributed by atoms with van der Waals surface area (Å²) in [5.41, 5.74) is 6.97. The van der Waals surface area contributed by atoms with Gasteiger partial charge in [-0.1, -0.05) is 55.3 Å². The van der Waals surface area contributed by atoms with Gasteiger partial charge in [0.05, 0.1) is 11.4 Å². The number of aromatic nitrogens is 2. The fourth-order valence-electron chi connectivity index (χ4n) is 5.85. The Kier molecular flexibility index (Phi) is 6.16. The zero-order chi connectivity index (χ0) is 23.8. The van der Waals surface area contributed by atoms with E-state index >= 15 is 0 Å². The van der Waals surface area contributed by atoms with Gasteiger partial charge in [-0.05, 0) is 68.4 Å². The first kappa shape index (κ1) is 22.6. The fourth-order valence-corrected chi connectivity index (χ4v) is 5.85. The van der Waals surface area contributed by atoms with Crippen molar-refractivity contribution in [3.8, 4) is 0 Å². The molecule has 1 aliphatic carbocycles. The highest BCUT2D eigenvalue weighted by atomic mass is 16.2. The third-order valence-corrected chi connectivity index (χ3v) is 7.71. The summed E-state index contributed by atoms with van der Waals surface area (Å²) >= 11 is 0. The van der Waals surface area contributed by atoms with Gasteiger partial charge in [-0.15, -0.1) is 0 Å². The summed E-state index contributed by atoms with van der Waals surface area (Å²) < 4.78 is 2.34. The molecular weight excluding hydrogens is 418 g/mol. The number of carbonyl (C=O) groups is 1. The number of fused-ring (bicyclic) bond motifs is 3. The summed E-state index contributed by atoms with van der Waals surface area (Å²) in [6, 6.07) is 19.6. The molecule has 0 N–H and O–H groups in total. The first-order valence-corrected chi connectivity index (χ1v) is 12.7. The summed E-state index contributed by atoms with van der Waals surface area (Å²) in [6.07, 6.45) is 4.78. The van der Waals surface area contributed by atoms with Crippen LogP contribution in [0.4, 0.5) is 0 Å². The lowest BCUT2D eigenvalue weighted by molar-refractivity contribution is -0.132. The molecule has 1 amide bonds. The number of rotatable bonds is 6. The number of nitrogens with zero attached hydrogens (tertiary/aromatic N) is 3. The first-order chi connectivity index (χ1) is 16.5. The lowest BCUT2D eigenvalue weighted by atomic mass is 9.83. The van der Waals surface area contributed by atoms with Crippen LogP contribution in [0.5, 0.6) is 0 Å². The van der Waals surface area contributed by atoms with Gasteiger partial charge in [0.1, 0.15) is 5.65 Å². The maximum atomic E-state index is 13.3. The van der Waals surface area contributed by atoms with Crippen LogP contribution in [-0.4, -0.2) is 34.0 Å². The maximum Gasteiger partial charge on any atom is 0.230 e. The van der Waals surface area contributed by atoms with Crippen LogP contribution in [0.25, 0.3) is 21.9 Å². The van der Waals surface area contributed by atoms with E-state index < -0.39 is 0 Å². The van der Waals surface area contributed by atoms with E-state index in [1.54, 1.807) is 0 Å². The highest BCUT2D eigenvalue weighted by molar-refractivity contribution is 6.08. The van der Waals surface area contributed by atoms with Crippen molar-refractivity contribution >= 4 is 27.8 Å². The Hall–Kier alpha value is -3.14. The molecule has 0 aliphatic heterocycles. The molecule has 0 bridgehead atoms. The Labute approximate surface area is 202 Å². The van der Waals surface area contributed by atoms with Crippen molar-refractivity contribution < 1.29 is 4.79 Å². The summed E-state index contributed by atoms with van der Waals surface area (Å²) in [7, 11) is 1.93. The molecule has 0 radical (unpaired) electrons. The minimum atomic E-state index is -0.0262. The molecule has 2 aromatic carbocycles. The van der Waals surface area contributed by atoms with E-state index in [2.05, 4.69) is 79.9 Å². The Balaban J connectivity index is 1.51. The molecule has 2 aromatic heterocycles. The second-order valence-electron chi connectivity index (χ2n) is 10.00. The van der Waals surface area contributed by atoms with Crippen molar-refractivity contribution in [1.82, 2.24) is 14.5 Å². The monoisotopic (exact) mass is 453 g/mol. The zero-order valence-corrected chi connectivity index (χ0v) is 20.8. The first-order valence-electron chi connectivity index (χ1n) is 12.7. The zero-order valence-electron chi connectivity index (χ0n) is 20.8. The van der Waals surface area contributed by atoms with Crippen LogP contribution in [0.3, 0.4) is 0 Å². The lowest BCUT2D eigenvalue weighted by Crippen LogP contribution is -2.34. The van der Waals surface area contributed by atoms with E-state index in [-0.39, 0.29) is 11.8 Å². The van der Waals surface area contributed by atoms with Crippen LogP contribution in [-0.2, 0) is 11.3 Å². The predicted molar refractivity (Wildman–Crippen MR) is 140 cm³/mol. The van der Waals surface area contributed by atoms with Crippen LogP contribution >= 0.6 is 0 Å². The van der Waals surface area contributed by atoms with E-state index in [1.807, 2.05) is 11.9 Å². The van der Waals surface area contributed by atoms with Crippen LogP contribution in [0.2, 0.25) is 0 Å². The minimum Gasteiger partial charge on any atom is -0.346 e. The number of para-hydroxylation sites is 1. The molecule has 5 rings (SSSR count). The predicted octanol–water partition coefficient (Wildman–Crippen LogP) is 6.61. The average Bonchev–Trinajstić information content (AvgIpc) is 3.47. The maximum absolute atomic E-state index is 13.3. The molecule has 1 aliphatic rings. The van der Waals surface area contributed by atoms with Gasteiger partial charge in [0.15, 0.2) is 0 Å². The normalized spacial score (nSPS) is 15.3. The van der Waals surface area contributed by atoms with Gasteiger partial charge >= 0.3 is 0 Å². The summed E-state index contributed by atoms with van der Waals surface area (Å²) in [5.74, 6) is 0.696. The van der Waals surface area contributed by atoms with Gasteiger partial charge < -0.3 is 9.47 Å². The minimum absolute atomic E-state index is 0.0262. The van der Waals surface area contributed by atoms with Crippen LogP contribution in [0, 0.1) is 19.8 Å². The summed E-state index contributed by atoms with van der Waals surface area (Å²) in [4.78, 5) is 20.1. The van der Waals surface area contributed by atoms with Gasteiger partial charge in [-0.2, -0.15) is 0 Å². The molecule has 1 fully saturated rings. The number of benzene rings is 2. The van der Waals surface area contributed by atoms with Gasteiger partial charge in [0.25, 0.3) is 0 Å². The van der Waals surface area contributed by atoms with E-state index in [0.717, 1.165) is 42.8 Å². The van der Waals surface area contributed by atoms with Crippen LogP contribution < -0.4 is 0 Å². The largest absolute Gasteiger partial charge is 0.346 e. The van der Waals surface area contributed by atoms with E-state index in [9.17, 15) is 4.79 Å². The third-order valence-electron chi connectivity index (χ3n) is 7.71. The summed E-state index contributed by atoms with van der Waals surface area (Å²) in [6.45, 7) is 7.81. The second kappa shape index (κ2) is 9.25. The van der Waals surface area contributed by atoms with Crippen LogP contribution in [0.15, 0.2) is 54.6 Å². The molecule has 4 aromatic rings. The fraction of sp³-hybridized carbons (Fsp3) is 0.400. The second-order valence-corrected chi connectivity index (χ2v) is 10.00. The molecule has 1 saturated carbocycles. The summed E-state index contributed by atoms with van der Waals surface area (Å²) in [5, 5.41) is 2.50. The Bertz CT molecular complexity index is 1330. The SMILES string of the molecule is CCN(C)C(=O)C(c1ccc(Cn2c3ccccc3c3c(C)cc(C)nc32)cc1)C1CCCC1. The van der Waals surface area contributed by atoms with Gasteiger partial charge in [-0.25, -0.2) is 4.98 Å². The number of carbonyl (C=O) groups excluding carboxylic acids is 1. The number of likely N-dealkylation sites (N-methyl/N-ethyl adjacent to an activating group) is 1. The molecule has 0 spiro atoms. The highest BCUT2D eigenvalue weighted by Crippen LogP contribution is 2.39. The van der Waals surface area contributed by atoms with Crippen molar-refractivity contribution in [2.45, 2.75) is 58.9 Å². The topological polar surface area (TPSA) is 38.1 Å².